The number of halogens is 1. The molecule has 2 saturated heterocycles. The van der Waals surface area contributed by atoms with Crippen molar-refractivity contribution >= 4 is 12.0 Å². The fourth-order valence-electron chi connectivity index (χ4n) is 5.23. The third kappa shape index (κ3) is 6.97. The number of aliphatic hydroxyl groups excluding tert-OH is 4. The molecular formula is C30H35FN2O11. The molecule has 13 nitrogen and oxygen atoms in total. The molecule has 14 heteroatoms. The molecule has 7 N–H and O–H groups in total. The Balaban J connectivity index is 1.16. The third-order valence-electron chi connectivity index (χ3n) is 7.61. The molecule has 2 aromatic carbocycles. The van der Waals surface area contributed by atoms with Crippen LogP contribution in [0.2, 0.25) is 0 Å². The van der Waals surface area contributed by atoms with Gasteiger partial charge in [0.2, 0.25) is 12.2 Å². The lowest BCUT2D eigenvalue weighted by molar-refractivity contribution is -0.155. The minimum Gasteiger partial charge on any atom is -0.504 e. The summed E-state index contributed by atoms with van der Waals surface area (Å²) in [7, 11) is 0. The van der Waals surface area contributed by atoms with Crippen molar-refractivity contribution in [2.24, 2.45) is 0 Å². The average molecular weight is 619 g/mol. The van der Waals surface area contributed by atoms with Gasteiger partial charge in [-0.05, 0) is 55.3 Å². The van der Waals surface area contributed by atoms with Crippen LogP contribution in [0.3, 0.4) is 0 Å². The smallest absolute Gasteiger partial charge is 0.247 e. The van der Waals surface area contributed by atoms with Crippen molar-refractivity contribution < 1.29 is 58.5 Å². The van der Waals surface area contributed by atoms with Crippen LogP contribution in [-0.4, -0.2) is 87.2 Å². The average Bonchev–Trinajstić information content (AvgIpc) is 3.63. The second-order valence-corrected chi connectivity index (χ2v) is 10.8. The zero-order valence-corrected chi connectivity index (χ0v) is 23.9. The monoisotopic (exact) mass is 618 g/mol. The number of ether oxygens (including phenoxy) is 4. The normalized spacial score (nSPS) is 31.2. The van der Waals surface area contributed by atoms with Crippen LogP contribution >= 0.6 is 0 Å². The number of phenolic OH excluding ortho intramolecular Hbond substituents is 1. The van der Waals surface area contributed by atoms with Gasteiger partial charge in [-0.2, -0.15) is 0 Å². The molecule has 1 saturated carbocycles. The number of hydroxylamine groups is 1. The second kappa shape index (κ2) is 13.5. The first-order chi connectivity index (χ1) is 21.0. The van der Waals surface area contributed by atoms with Crippen LogP contribution in [0.4, 0.5) is 4.39 Å². The lowest BCUT2D eigenvalue weighted by Crippen LogP contribution is -2.67. The van der Waals surface area contributed by atoms with Gasteiger partial charge in [0, 0.05) is 5.57 Å². The second-order valence-electron chi connectivity index (χ2n) is 10.8. The molecule has 44 heavy (non-hydrogen) atoms. The summed E-state index contributed by atoms with van der Waals surface area (Å²) in [6.07, 6.45) is -6.29. The topological polar surface area (TPSA) is 188 Å². The minimum atomic E-state index is -1.48. The van der Waals surface area contributed by atoms with Crippen LogP contribution in [-0.2, 0) is 30.4 Å². The summed E-state index contributed by atoms with van der Waals surface area (Å²) >= 11 is 0. The Labute approximate surface area is 252 Å². The molecule has 2 aromatic rings. The first-order valence-corrected chi connectivity index (χ1v) is 14.0. The van der Waals surface area contributed by atoms with Crippen LogP contribution in [0.25, 0.3) is 6.08 Å². The predicted octanol–water partition coefficient (Wildman–Crippen LogP) is 0.696. The Morgan fingerprint density at radius 3 is 2.43 bits per heavy atom. The van der Waals surface area contributed by atoms with Crippen LogP contribution in [0.15, 0.2) is 59.5 Å². The summed E-state index contributed by atoms with van der Waals surface area (Å²) in [5.74, 6) is -0.922. The van der Waals surface area contributed by atoms with Gasteiger partial charge in [-0.15, -0.1) is 0 Å². The van der Waals surface area contributed by atoms with Crippen LogP contribution in [0, 0.1) is 5.82 Å². The number of benzene rings is 2. The van der Waals surface area contributed by atoms with E-state index in [-0.39, 0.29) is 48.5 Å². The van der Waals surface area contributed by atoms with E-state index < -0.39 is 54.9 Å². The van der Waals surface area contributed by atoms with Crippen molar-refractivity contribution in [3.8, 4) is 11.5 Å². The predicted molar refractivity (Wildman–Crippen MR) is 149 cm³/mol. The molecule has 1 amide bonds. The van der Waals surface area contributed by atoms with Gasteiger partial charge >= 0.3 is 0 Å². The summed E-state index contributed by atoms with van der Waals surface area (Å²) in [5.41, 5.74) is 4.49. The lowest BCUT2D eigenvalue weighted by atomic mass is 9.83. The van der Waals surface area contributed by atoms with Crippen LogP contribution in [0.1, 0.15) is 31.4 Å². The van der Waals surface area contributed by atoms with Crippen molar-refractivity contribution in [1.29, 1.82) is 0 Å². The molecular weight excluding hydrogens is 583 g/mol. The van der Waals surface area contributed by atoms with Gasteiger partial charge in [-0.1, -0.05) is 18.2 Å². The maximum absolute atomic E-state index is 13.1. The summed E-state index contributed by atoms with van der Waals surface area (Å²) in [5, 5.41) is 54.9. The van der Waals surface area contributed by atoms with Crippen LogP contribution < -0.4 is 15.5 Å². The number of amides is 1. The molecule has 238 valence electrons. The number of aliphatic hydroxyl groups is 4. The molecule has 5 rings (SSSR count). The highest BCUT2D eigenvalue weighted by Gasteiger charge is 2.53. The van der Waals surface area contributed by atoms with E-state index in [0.29, 0.717) is 11.3 Å². The molecule has 0 aromatic heterocycles. The number of aromatic hydroxyl groups is 1. The number of hydrogen-bond acceptors (Lipinski definition) is 12. The highest BCUT2D eigenvalue weighted by atomic mass is 19.1. The number of nitrogens with one attached hydrogen (secondary N) is 2. The number of allylic oxidation sites excluding steroid dienone is 1. The van der Waals surface area contributed by atoms with Gasteiger partial charge in [-0.3, -0.25) is 15.1 Å². The van der Waals surface area contributed by atoms with Crippen molar-refractivity contribution in [3.05, 3.63) is 76.4 Å². The van der Waals surface area contributed by atoms with E-state index in [1.807, 2.05) is 0 Å². The SMILES string of the molecule is CC(=Cc1ccc(O[C@@H]2C[C@H](O)C(=C(C)NOCc3ccc(F)cc3)O2)c(O)c1)C(=O)N[C@@H]1[C@H](O)[C@@H](O)[C@H]2OCO[C@H]2[C@@H]1O. The van der Waals surface area contributed by atoms with Crippen molar-refractivity contribution in [2.75, 3.05) is 6.79 Å². The lowest BCUT2D eigenvalue weighted by Gasteiger charge is -2.41. The van der Waals surface area contributed by atoms with E-state index in [9.17, 15) is 34.7 Å². The summed E-state index contributed by atoms with van der Waals surface area (Å²) < 4.78 is 35.0. The van der Waals surface area contributed by atoms with E-state index in [1.54, 1.807) is 25.1 Å². The van der Waals surface area contributed by atoms with E-state index in [0.717, 1.165) is 5.56 Å². The van der Waals surface area contributed by atoms with Gasteiger partial charge in [0.15, 0.2) is 17.3 Å². The Hall–Kier alpha value is -3.76. The largest absolute Gasteiger partial charge is 0.504 e. The van der Waals surface area contributed by atoms with Gasteiger partial charge in [0.25, 0.3) is 0 Å². The zero-order chi connectivity index (χ0) is 31.5. The highest BCUT2D eigenvalue weighted by Crippen LogP contribution is 2.34. The number of carbonyl (C=O) groups is 1. The molecule has 0 unspecified atom stereocenters. The third-order valence-corrected chi connectivity index (χ3v) is 7.61. The standard InChI is InChI=1S/C30H35FN2O11/c1-14(30(39)32-23-24(36)26(38)29-28(25(23)37)40-13-41-29)9-17-5-8-21(19(34)10-17)43-22-11-20(35)27(44-22)15(2)33-42-12-16-3-6-18(31)7-4-16/h3-10,20,22-26,28-29,33-38H,11-13H2,1-2H3,(H,32,39)/t20-,22-,23+,24-,25+,26+,28-,29+/m0/s1. The number of rotatable bonds is 9. The van der Waals surface area contributed by atoms with E-state index in [4.69, 9.17) is 23.8 Å². The fraction of sp³-hybridized carbons (Fsp3) is 0.433. The molecule has 8 atom stereocenters. The Bertz CT molecular complexity index is 1400. The Morgan fingerprint density at radius 2 is 1.73 bits per heavy atom. The van der Waals surface area contributed by atoms with Crippen molar-refractivity contribution in [1.82, 2.24) is 10.8 Å². The van der Waals surface area contributed by atoms with Gasteiger partial charge in [-0.25, -0.2) is 4.39 Å². The maximum Gasteiger partial charge on any atom is 0.247 e. The molecule has 3 fully saturated rings. The summed E-state index contributed by atoms with van der Waals surface area (Å²) in [6, 6.07) is 9.06. The number of fused-ring (bicyclic) bond motifs is 1. The van der Waals surface area contributed by atoms with Crippen LogP contribution in [0.5, 0.6) is 11.5 Å². The first-order valence-electron chi connectivity index (χ1n) is 14.0. The first kappa shape index (κ1) is 31.7. The fourth-order valence-corrected chi connectivity index (χ4v) is 5.23. The quantitative estimate of drug-likeness (QED) is 0.154. The minimum absolute atomic E-state index is 0.0802. The maximum atomic E-state index is 13.1. The molecule has 0 spiro atoms. The molecule has 2 heterocycles. The zero-order valence-electron chi connectivity index (χ0n) is 23.9. The number of hydrogen-bond donors (Lipinski definition) is 7. The van der Waals surface area contributed by atoms with Gasteiger partial charge in [0.05, 0.1) is 24.8 Å². The summed E-state index contributed by atoms with van der Waals surface area (Å²) in [6.45, 7) is 3.16. The molecule has 0 radical (unpaired) electrons. The van der Waals surface area contributed by atoms with E-state index in [2.05, 4.69) is 10.8 Å². The Morgan fingerprint density at radius 1 is 1.02 bits per heavy atom. The Kier molecular flexibility index (Phi) is 9.70. The van der Waals surface area contributed by atoms with E-state index >= 15 is 0 Å². The van der Waals surface area contributed by atoms with Gasteiger partial charge in [0.1, 0.15) is 49.2 Å². The molecule has 0 bridgehead atoms. The van der Waals surface area contributed by atoms with Crippen molar-refractivity contribution in [3.63, 3.8) is 0 Å². The molecule has 1 aliphatic carbocycles. The number of phenols is 1. The number of carbonyl (C=O) groups excluding carboxylic acids is 1. The van der Waals surface area contributed by atoms with E-state index in [1.165, 1.54) is 37.3 Å². The molecule has 2 aliphatic heterocycles. The van der Waals surface area contributed by atoms with Crippen molar-refractivity contribution in [2.45, 2.75) is 75.8 Å². The summed E-state index contributed by atoms with van der Waals surface area (Å²) in [4.78, 5) is 18.2. The molecule has 3 aliphatic rings. The van der Waals surface area contributed by atoms with Gasteiger partial charge < -0.3 is 49.8 Å². The highest BCUT2D eigenvalue weighted by molar-refractivity contribution is 5.97.